The Hall–Kier alpha value is -1.07. The van der Waals surface area contributed by atoms with Crippen LogP contribution in [-0.4, -0.2) is 29.4 Å². The van der Waals surface area contributed by atoms with Crippen molar-refractivity contribution in [2.45, 2.75) is 20.4 Å². The molecule has 0 radical (unpaired) electrons. The summed E-state index contributed by atoms with van der Waals surface area (Å²) in [5.74, 6) is 0. The predicted molar refractivity (Wildman–Crippen MR) is 66.2 cm³/mol. The van der Waals surface area contributed by atoms with Crippen molar-refractivity contribution in [3.63, 3.8) is 0 Å². The number of hydrogen-bond donors (Lipinski definition) is 2. The van der Waals surface area contributed by atoms with Crippen LogP contribution in [0.2, 0.25) is 5.02 Å². The Balaban J connectivity index is 2.68. The molecule has 6 heteroatoms. The van der Waals surface area contributed by atoms with E-state index in [1.807, 2.05) is 13.8 Å². The summed E-state index contributed by atoms with van der Waals surface area (Å²) in [7, 11) is 0. The van der Waals surface area contributed by atoms with Crippen molar-refractivity contribution in [2.24, 2.45) is 0 Å². The SMILES string of the molecule is CCNCCNc1cnn(CC)c(=O)c1Cl. The molecular formula is C10H17ClN4O. The first-order valence-electron chi connectivity index (χ1n) is 5.40. The number of hydrogen-bond acceptors (Lipinski definition) is 4. The van der Waals surface area contributed by atoms with Crippen molar-refractivity contribution in [3.05, 3.63) is 21.6 Å². The van der Waals surface area contributed by atoms with E-state index in [1.54, 1.807) is 6.20 Å². The number of likely N-dealkylation sites (N-methyl/N-ethyl adjacent to an activating group) is 1. The summed E-state index contributed by atoms with van der Waals surface area (Å²) in [6, 6.07) is 0. The highest BCUT2D eigenvalue weighted by Gasteiger charge is 2.07. The van der Waals surface area contributed by atoms with Crippen LogP contribution < -0.4 is 16.2 Å². The lowest BCUT2D eigenvalue weighted by molar-refractivity contribution is 0.616. The summed E-state index contributed by atoms with van der Waals surface area (Å²) >= 11 is 5.93. The maximum atomic E-state index is 11.6. The number of rotatable bonds is 6. The molecule has 0 atom stereocenters. The maximum Gasteiger partial charge on any atom is 0.287 e. The fourth-order valence-corrected chi connectivity index (χ4v) is 1.49. The van der Waals surface area contributed by atoms with Crippen LogP contribution in [0.15, 0.2) is 11.0 Å². The van der Waals surface area contributed by atoms with E-state index in [2.05, 4.69) is 15.7 Å². The molecule has 1 aromatic heterocycles. The zero-order chi connectivity index (χ0) is 12.0. The molecule has 1 heterocycles. The first kappa shape index (κ1) is 13.0. The van der Waals surface area contributed by atoms with Crippen molar-refractivity contribution in [1.82, 2.24) is 15.1 Å². The van der Waals surface area contributed by atoms with Gasteiger partial charge in [-0.1, -0.05) is 18.5 Å². The van der Waals surface area contributed by atoms with Gasteiger partial charge in [-0.15, -0.1) is 0 Å². The number of anilines is 1. The fraction of sp³-hybridized carbons (Fsp3) is 0.600. The van der Waals surface area contributed by atoms with Crippen LogP contribution in [0.3, 0.4) is 0 Å². The summed E-state index contributed by atoms with van der Waals surface area (Å²) in [5.41, 5.74) is 0.340. The Morgan fingerprint density at radius 1 is 1.44 bits per heavy atom. The minimum Gasteiger partial charge on any atom is -0.381 e. The molecule has 0 aliphatic rings. The first-order chi connectivity index (χ1) is 7.70. The molecule has 1 rings (SSSR count). The third-order valence-corrected chi connectivity index (χ3v) is 2.52. The zero-order valence-corrected chi connectivity index (χ0v) is 10.3. The molecule has 0 fully saturated rings. The van der Waals surface area contributed by atoms with E-state index in [0.29, 0.717) is 18.8 Å². The smallest absolute Gasteiger partial charge is 0.287 e. The van der Waals surface area contributed by atoms with Gasteiger partial charge in [0, 0.05) is 19.6 Å². The summed E-state index contributed by atoms with van der Waals surface area (Å²) in [5, 5.41) is 10.4. The average molecular weight is 245 g/mol. The van der Waals surface area contributed by atoms with Gasteiger partial charge in [-0.2, -0.15) is 5.10 Å². The molecule has 16 heavy (non-hydrogen) atoms. The van der Waals surface area contributed by atoms with E-state index in [-0.39, 0.29) is 10.6 Å². The van der Waals surface area contributed by atoms with E-state index in [9.17, 15) is 4.79 Å². The lowest BCUT2D eigenvalue weighted by Gasteiger charge is -2.09. The highest BCUT2D eigenvalue weighted by atomic mass is 35.5. The van der Waals surface area contributed by atoms with E-state index >= 15 is 0 Å². The second-order valence-corrected chi connectivity index (χ2v) is 3.65. The maximum absolute atomic E-state index is 11.6. The minimum absolute atomic E-state index is 0.202. The monoisotopic (exact) mass is 244 g/mol. The number of aromatic nitrogens is 2. The van der Waals surface area contributed by atoms with Crippen molar-refractivity contribution in [2.75, 3.05) is 25.0 Å². The Kier molecular flexibility index (Phi) is 5.28. The van der Waals surface area contributed by atoms with Crippen LogP contribution in [0.4, 0.5) is 5.69 Å². The minimum atomic E-state index is -0.252. The number of nitrogens with zero attached hydrogens (tertiary/aromatic N) is 2. The van der Waals surface area contributed by atoms with Gasteiger partial charge in [0.1, 0.15) is 5.02 Å². The van der Waals surface area contributed by atoms with Gasteiger partial charge >= 0.3 is 0 Å². The van der Waals surface area contributed by atoms with Crippen LogP contribution in [0.1, 0.15) is 13.8 Å². The van der Waals surface area contributed by atoms with E-state index in [4.69, 9.17) is 11.6 Å². The van der Waals surface area contributed by atoms with Crippen LogP contribution in [0, 0.1) is 0 Å². The van der Waals surface area contributed by atoms with Crippen LogP contribution in [0.5, 0.6) is 0 Å². The van der Waals surface area contributed by atoms with Gasteiger partial charge in [0.15, 0.2) is 0 Å². The van der Waals surface area contributed by atoms with Gasteiger partial charge in [-0.25, -0.2) is 4.68 Å². The molecular weight excluding hydrogens is 228 g/mol. The quantitative estimate of drug-likeness (QED) is 0.732. The molecule has 0 spiro atoms. The second kappa shape index (κ2) is 6.50. The molecule has 2 N–H and O–H groups in total. The standard InChI is InChI=1S/C10H17ClN4O/c1-3-12-5-6-13-8-7-14-15(4-2)10(16)9(8)11/h7,12-13H,3-6H2,1-2H3. The average Bonchev–Trinajstić information content (AvgIpc) is 2.30. The third-order valence-electron chi connectivity index (χ3n) is 2.15. The van der Waals surface area contributed by atoms with E-state index in [0.717, 1.165) is 13.1 Å². The van der Waals surface area contributed by atoms with E-state index in [1.165, 1.54) is 4.68 Å². The predicted octanol–water partition coefficient (Wildman–Crippen LogP) is 0.938. The van der Waals surface area contributed by atoms with Gasteiger partial charge in [0.05, 0.1) is 11.9 Å². The van der Waals surface area contributed by atoms with Gasteiger partial charge in [-0.05, 0) is 13.5 Å². The highest BCUT2D eigenvalue weighted by Crippen LogP contribution is 2.14. The van der Waals surface area contributed by atoms with Crippen molar-refractivity contribution in [1.29, 1.82) is 0 Å². The third kappa shape index (κ3) is 3.21. The Morgan fingerprint density at radius 2 is 2.19 bits per heavy atom. The number of nitrogens with one attached hydrogen (secondary N) is 2. The lowest BCUT2D eigenvalue weighted by atomic mass is 10.4. The van der Waals surface area contributed by atoms with Crippen molar-refractivity contribution >= 4 is 17.3 Å². The largest absolute Gasteiger partial charge is 0.381 e. The van der Waals surface area contributed by atoms with Gasteiger partial charge in [0.2, 0.25) is 0 Å². The molecule has 0 saturated heterocycles. The molecule has 1 aromatic rings. The van der Waals surface area contributed by atoms with E-state index < -0.39 is 0 Å². The zero-order valence-electron chi connectivity index (χ0n) is 9.59. The van der Waals surface area contributed by atoms with Crippen LogP contribution >= 0.6 is 11.6 Å². The lowest BCUT2D eigenvalue weighted by Crippen LogP contribution is -2.25. The van der Waals surface area contributed by atoms with Crippen molar-refractivity contribution in [3.8, 4) is 0 Å². The van der Waals surface area contributed by atoms with Crippen LogP contribution in [-0.2, 0) is 6.54 Å². The molecule has 90 valence electrons. The van der Waals surface area contributed by atoms with Gasteiger partial charge < -0.3 is 10.6 Å². The molecule has 0 unspecified atom stereocenters. The summed E-state index contributed by atoms with van der Waals surface area (Å²) in [6.07, 6.45) is 1.58. The highest BCUT2D eigenvalue weighted by molar-refractivity contribution is 6.32. The summed E-state index contributed by atoms with van der Waals surface area (Å²) in [6.45, 7) is 6.87. The molecule has 0 aromatic carbocycles. The second-order valence-electron chi connectivity index (χ2n) is 3.27. The molecule has 0 aliphatic carbocycles. The molecule has 0 aliphatic heterocycles. The topological polar surface area (TPSA) is 59.0 Å². The van der Waals surface area contributed by atoms with Crippen molar-refractivity contribution < 1.29 is 0 Å². The Bertz CT molecular complexity index is 391. The summed E-state index contributed by atoms with van der Waals surface area (Å²) < 4.78 is 1.33. The molecule has 0 saturated carbocycles. The first-order valence-corrected chi connectivity index (χ1v) is 5.78. The van der Waals surface area contributed by atoms with Gasteiger partial charge in [-0.3, -0.25) is 4.79 Å². The molecule has 0 bridgehead atoms. The molecule has 0 amide bonds. The normalized spacial score (nSPS) is 10.4. The Morgan fingerprint density at radius 3 is 2.81 bits per heavy atom. The fourth-order valence-electron chi connectivity index (χ4n) is 1.28. The summed E-state index contributed by atoms with van der Waals surface area (Å²) in [4.78, 5) is 11.6. The van der Waals surface area contributed by atoms with Crippen LogP contribution in [0.25, 0.3) is 0 Å². The Labute approximate surface area is 99.8 Å². The van der Waals surface area contributed by atoms with Gasteiger partial charge in [0.25, 0.3) is 5.56 Å². The number of halogens is 1. The number of aryl methyl sites for hydroxylation is 1. The molecule has 5 nitrogen and oxygen atoms in total.